The molecule has 5 nitrogen and oxygen atoms in total. The molecule has 0 bridgehead atoms. The highest BCUT2D eigenvalue weighted by atomic mass is 32.2. The van der Waals surface area contributed by atoms with E-state index < -0.39 is 0 Å². The number of β-amino-alcohol motifs (C(OH)–C–C–N with tert-alkyl or cyclic N) is 1. The van der Waals surface area contributed by atoms with E-state index in [9.17, 15) is 5.11 Å². The summed E-state index contributed by atoms with van der Waals surface area (Å²) in [6.45, 7) is 5.25. The van der Waals surface area contributed by atoms with Gasteiger partial charge in [-0.1, -0.05) is 36.9 Å². The Balaban J connectivity index is 1.46. The third kappa shape index (κ3) is 4.80. The largest absolute Gasteiger partial charge is 0.391 e. The first kappa shape index (κ1) is 16.5. The number of nitrogens with zero attached hydrogens (tertiary/aromatic N) is 4. The summed E-state index contributed by atoms with van der Waals surface area (Å²) in [6.07, 6.45) is 3.86. The van der Waals surface area contributed by atoms with Crippen molar-refractivity contribution in [3.63, 3.8) is 0 Å². The fourth-order valence-electron chi connectivity index (χ4n) is 2.79. The zero-order valence-corrected chi connectivity index (χ0v) is 14.3. The van der Waals surface area contributed by atoms with Gasteiger partial charge >= 0.3 is 0 Å². The number of hydrogen-bond acceptors (Lipinski definition) is 5. The summed E-state index contributed by atoms with van der Waals surface area (Å²) in [7, 11) is 0. The van der Waals surface area contributed by atoms with Crippen molar-refractivity contribution >= 4 is 11.8 Å². The van der Waals surface area contributed by atoms with Gasteiger partial charge in [-0.25, -0.2) is 9.67 Å². The van der Waals surface area contributed by atoms with Gasteiger partial charge in [0.1, 0.15) is 6.33 Å². The van der Waals surface area contributed by atoms with E-state index in [1.54, 1.807) is 11.0 Å². The first-order chi connectivity index (χ1) is 11.2. The number of thioether (sulfide) groups is 1. The number of rotatable bonds is 6. The predicted molar refractivity (Wildman–Crippen MR) is 92.9 cm³/mol. The van der Waals surface area contributed by atoms with E-state index in [1.165, 1.54) is 24.6 Å². The summed E-state index contributed by atoms with van der Waals surface area (Å²) in [4.78, 5) is 6.67. The second-order valence-electron chi connectivity index (χ2n) is 6.26. The zero-order valence-electron chi connectivity index (χ0n) is 13.5. The van der Waals surface area contributed by atoms with Gasteiger partial charge in [0.15, 0.2) is 0 Å². The summed E-state index contributed by atoms with van der Waals surface area (Å²) in [6, 6.07) is 9.93. The monoisotopic (exact) mass is 332 g/mol. The van der Waals surface area contributed by atoms with E-state index in [4.69, 9.17) is 0 Å². The maximum Gasteiger partial charge on any atom is 0.208 e. The van der Waals surface area contributed by atoms with Crippen molar-refractivity contribution in [1.82, 2.24) is 19.7 Å². The van der Waals surface area contributed by atoms with Crippen LogP contribution in [0.15, 0.2) is 41.8 Å². The molecular formula is C17H24N4OS. The van der Waals surface area contributed by atoms with Crippen molar-refractivity contribution < 1.29 is 5.11 Å². The molecule has 1 atom stereocenters. The smallest absolute Gasteiger partial charge is 0.208 e. The predicted octanol–water partition coefficient (Wildman–Crippen LogP) is 2.45. The molecule has 1 aromatic carbocycles. The van der Waals surface area contributed by atoms with Gasteiger partial charge in [0.05, 0.1) is 11.8 Å². The van der Waals surface area contributed by atoms with Gasteiger partial charge in [-0.2, -0.15) is 0 Å². The fraction of sp³-hybridized carbons (Fsp3) is 0.529. The van der Waals surface area contributed by atoms with Crippen LogP contribution < -0.4 is 0 Å². The maximum absolute atomic E-state index is 10.2. The molecule has 23 heavy (non-hydrogen) atoms. The van der Waals surface area contributed by atoms with Crippen LogP contribution in [0.25, 0.3) is 5.69 Å². The molecule has 6 heteroatoms. The minimum absolute atomic E-state index is 0.336. The lowest BCUT2D eigenvalue weighted by atomic mass is 9.99. The Bertz CT molecular complexity index is 596. The highest BCUT2D eigenvalue weighted by molar-refractivity contribution is 7.99. The van der Waals surface area contributed by atoms with E-state index in [1.807, 2.05) is 30.3 Å². The van der Waals surface area contributed by atoms with Crippen LogP contribution in [-0.4, -0.2) is 56.3 Å². The lowest BCUT2D eigenvalue weighted by molar-refractivity contribution is 0.105. The number of aromatic nitrogens is 3. The molecule has 2 heterocycles. The van der Waals surface area contributed by atoms with Crippen LogP contribution in [0, 0.1) is 5.92 Å². The molecule has 1 aliphatic heterocycles. The second kappa shape index (κ2) is 7.95. The van der Waals surface area contributed by atoms with E-state index in [0.717, 1.165) is 31.2 Å². The minimum atomic E-state index is -0.336. The first-order valence-electron chi connectivity index (χ1n) is 8.21. The number of piperidine rings is 1. The van der Waals surface area contributed by atoms with Gasteiger partial charge in [-0.15, -0.1) is 5.10 Å². The van der Waals surface area contributed by atoms with Crippen molar-refractivity contribution in [2.24, 2.45) is 5.92 Å². The lowest BCUT2D eigenvalue weighted by Crippen LogP contribution is -2.39. The topological polar surface area (TPSA) is 54.2 Å². The van der Waals surface area contributed by atoms with Crippen LogP contribution in [0.2, 0.25) is 0 Å². The van der Waals surface area contributed by atoms with Crippen molar-refractivity contribution in [1.29, 1.82) is 0 Å². The fourth-order valence-corrected chi connectivity index (χ4v) is 3.50. The SMILES string of the molecule is CC1CCN(CC(O)CSc2ncn(-c3ccccc3)n2)CC1. The third-order valence-electron chi connectivity index (χ3n) is 4.24. The minimum Gasteiger partial charge on any atom is -0.391 e. The molecule has 2 aromatic rings. The highest BCUT2D eigenvalue weighted by Crippen LogP contribution is 2.18. The number of para-hydroxylation sites is 1. The quantitative estimate of drug-likeness (QED) is 0.824. The van der Waals surface area contributed by atoms with Crippen molar-refractivity contribution in [2.75, 3.05) is 25.4 Å². The van der Waals surface area contributed by atoms with Crippen LogP contribution in [0.4, 0.5) is 0 Å². The number of benzene rings is 1. The van der Waals surface area contributed by atoms with Gasteiger partial charge < -0.3 is 10.0 Å². The molecule has 1 N–H and O–H groups in total. The van der Waals surface area contributed by atoms with Gasteiger partial charge in [0.25, 0.3) is 0 Å². The lowest BCUT2D eigenvalue weighted by Gasteiger charge is -2.31. The van der Waals surface area contributed by atoms with Crippen LogP contribution >= 0.6 is 11.8 Å². The molecule has 1 fully saturated rings. The van der Waals surface area contributed by atoms with E-state index in [0.29, 0.717) is 10.9 Å². The summed E-state index contributed by atoms with van der Waals surface area (Å²) in [5.41, 5.74) is 0.995. The number of aliphatic hydroxyl groups is 1. The molecule has 0 spiro atoms. The molecule has 1 aliphatic rings. The summed E-state index contributed by atoms with van der Waals surface area (Å²) < 4.78 is 1.76. The summed E-state index contributed by atoms with van der Waals surface area (Å²) in [5.74, 6) is 1.45. The Labute approximate surface area is 141 Å². The second-order valence-corrected chi connectivity index (χ2v) is 7.24. The molecule has 1 unspecified atom stereocenters. The van der Waals surface area contributed by atoms with Crippen LogP contribution in [0.3, 0.4) is 0 Å². The normalized spacial score (nSPS) is 18.2. The molecule has 124 valence electrons. The average Bonchev–Trinajstić information content (AvgIpc) is 3.05. The zero-order chi connectivity index (χ0) is 16.1. The molecule has 1 saturated heterocycles. The Hall–Kier alpha value is -1.37. The van der Waals surface area contributed by atoms with Crippen LogP contribution in [-0.2, 0) is 0 Å². The number of hydrogen-bond donors (Lipinski definition) is 1. The number of likely N-dealkylation sites (tertiary alicyclic amines) is 1. The molecule has 0 radical (unpaired) electrons. The van der Waals surface area contributed by atoms with E-state index in [2.05, 4.69) is 21.9 Å². The van der Waals surface area contributed by atoms with Crippen molar-refractivity contribution in [3.05, 3.63) is 36.7 Å². The summed E-state index contributed by atoms with van der Waals surface area (Å²) >= 11 is 1.51. The highest BCUT2D eigenvalue weighted by Gasteiger charge is 2.18. The van der Waals surface area contributed by atoms with Crippen molar-refractivity contribution in [3.8, 4) is 5.69 Å². The first-order valence-corrected chi connectivity index (χ1v) is 9.19. The van der Waals surface area contributed by atoms with Crippen LogP contribution in [0.5, 0.6) is 0 Å². The average molecular weight is 332 g/mol. The Morgan fingerprint density at radius 3 is 2.74 bits per heavy atom. The van der Waals surface area contributed by atoms with Crippen LogP contribution in [0.1, 0.15) is 19.8 Å². The Morgan fingerprint density at radius 1 is 1.26 bits per heavy atom. The molecule has 0 amide bonds. The molecular weight excluding hydrogens is 308 g/mol. The molecule has 1 aromatic heterocycles. The summed E-state index contributed by atoms with van der Waals surface area (Å²) in [5, 5.41) is 15.4. The standard InChI is InChI=1S/C17H24N4OS/c1-14-7-9-20(10-8-14)11-16(22)12-23-17-18-13-21(19-17)15-5-3-2-4-6-15/h2-6,13-14,16,22H,7-12H2,1H3. The van der Waals surface area contributed by atoms with E-state index in [-0.39, 0.29) is 6.10 Å². The van der Waals surface area contributed by atoms with Gasteiger partial charge in [0.2, 0.25) is 5.16 Å². The van der Waals surface area contributed by atoms with Crippen molar-refractivity contribution in [2.45, 2.75) is 31.0 Å². The van der Waals surface area contributed by atoms with Gasteiger partial charge in [-0.3, -0.25) is 0 Å². The van der Waals surface area contributed by atoms with E-state index >= 15 is 0 Å². The maximum atomic E-state index is 10.2. The molecule has 0 aliphatic carbocycles. The molecule has 3 rings (SSSR count). The molecule has 0 saturated carbocycles. The Morgan fingerprint density at radius 2 is 2.00 bits per heavy atom. The third-order valence-corrected chi connectivity index (χ3v) is 5.24. The van der Waals surface area contributed by atoms with Gasteiger partial charge in [0, 0.05) is 12.3 Å². The Kier molecular flexibility index (Phi) is 5.70. The number of aliphatic hydroxyl groups excluding tert-OH is 1. The van der Waals surface area contributed by atoms with Gasteiger partial charge in [-0.05, 0) is 44.0 Å².